The molecule has 1 amide bonds. The highest BCUT2D eigenvalue weighted by molar-refractivity contribution is 5.75. The van der Waals surface area contributed by atoms with E-state index in [0.29, 0.717) is 31.7 Å². The van der Waals surface area contributed by atoms with Crippen molar-refractivity contribution in [2.24, 2.45) is 0 Å². The van der Waals surface area contributed by atoms with Gasteiger partial charge in [-0.2, -0.15) is 4.98 Å². The summed E-state index contributed by atoms with van der Waals surface area (Å²) in [5, 5.41) is 3.93. The average Bonchev–Trinajstić information content (AvgIpc) is 3.05. The predicted molar refractivity (Wildman–Crippen MR) is 98.0 cm³/mol. The standard InChI is InChI=1S/C19H28N4O3/c1-6-8-16-21-17(26-22-16)9-7-10-18(24)23(4)12-15-14(3)19(25-5)13(2)11-20-15/h11H,6-10,12H2,1-5H3. The lowest BCUT2D eigenvalue weighted by Gasteiger charge is -2.19. The molecule has 0 bridgehead atoms. The Morgan fingerprint density at radius 2 is 2.08 bits per heavy atom. The average molecular weight is 360 g/mol. The molecule has 0 saturated carbocycles. The number of aryl methyl sites for hydroxylation is 3. The molecular weight excluding hydrogens is 332 g/mol. The molecule has 7 heteroatoms. The maximum absolute atomic E-state index is 12.4. The summed E-state index contributed by atoms with van der Waals surface area (Å²) in [6.45, 7) is 6.46. The van der Waals surface area contributed by atoms with Crippen LogP contribution >= 0.6 is 0 Å². The third-order valence-electron chi connectivity index (χ3n) is 4.33. The second-order valence-electron chi connectivity index (χ2n) is 6.50. The van der Waals surface area contributed by atoms with Crippen LogP contribution in [0.5, 0.6) is 5.75 Å². The Balaban J connectivity index is 1.85. The molecule has 0 aliphatic rings. The quantitative estimate of drug-likeness (QED) is 0.684. The fraction of sp³-hybridized carbons (Fsp3) is 0.579. The molecule has 0 saturated heterocycles. The van der Waals surface area contributed by atoms with Crippen molar-refractivity contribution in [3.8, 4) is 5.75 Å². The molecule has 2 rings (SSSR count). The van der Waals surface area contributed by atoms with Gasteiger partial charge >= 0.3 is 0 Å². The number of nitrogens with zero attached hydrogens (tertiary/aromatic N) is 4. The normalized spacial score (nSPS) is 10.8. The first-order chi connectivity index (χ1) is 12.5. The molecule has 0 fully saturated rings. The summed E-state index contributed by atoms with van der Waals surface area (Å²) in [7, 11) is 3.44. The van der Waals surface area contributed by atoms with Crippen LogP contribution in [0.1, 0.15) is 54.7 Å². The number of ether oxygens (including phenoxy) is 1. The van der Waals surface area contributed by atoms with Crippen molar-refractivity contribution in [2.45, 2.75) is 59.4 Å². The van der Waals surface area contributed by atoms with Gasteiger partial charge in [0, 0.05) is 43.6 Å². The van der Waals surface area contributed by atoms with E-state index < -0.39 is 0 Å². The van der Waals surface area contributed by atoms with E-state index in [4.69, 9.17) is 9.26 Å². The van der Waals surface area contributed by atoms with Gasteiger partial charge in [-0.05, 0) is 26.7 Å². The molecule has 0 radical (unpaired) electrons. The van der Waals surface area contributed by atoms with Gasteiger partial charge in [0.05, 0.1) is 19.3 Å². The zero-order valence-corrected chi connectivity index (χ0v) is 16.3. The van der Waals surface area contributed by atoms with Crippen molar-refractivity contribution >= 4 is 5.91 Å². The third kappa shape index (κ3) is 5.03. The van der Waals surface area contributed by atoms with Gasteiger partial charge in [0.2, 0.25) is 11.8 Å². The number of pyridine rings is 1. The van der Waals surface area contributed by atoms with Crippen molar-refractivity contribution in [1.29, 1.82) is 0 Å². The topological polar surface area (TPSA) is 81.4 Å². The van der Waals surface area contributed by atoms with E-state index in [1.165, 1.54) is 0 Å². The summed E-state index contributed by atoms with van der Waals surface area (Å²) in [4.78, 5) is 22.8. The van der Waals surface area contributed by atoms with Crippen LogP contribution in [0.2, 0.25) is 0 Å². The number of aromatic nitrogens is 3. The first kappa shape index (κ1) is 19.9. The summed E-state index contributed by atoms with van der Waals surface area (Å²) < 4.78 is 10.6. The molecule has 0 spiro atoms. The minimum absolute atomic E-state index is 0.0686. The smallest absolute Gasteiger partial charge is 0.226 e. The highest BCUT2D eigenvalue weighted by atomic mass is 16.5. The highest BCUT2D eigenvalue weighted by Gasteiger charge is 2.15. The fourth-order valence-electron chi connectivity index (χ4n) is 2.84. The summed E-state index contributed by atoms with van der Waals surface area (Å²) in [6, 6.07) is 0. The predicted octanol–water partition coefficient (Wildman–Crippen LogP) is 3.02. The second-order valence-corrected chi connectivity index (χ2v) is 6.50. The summed E-state index contributed by atoms with van der Waals surface area (Å²) in [6.07, 6.45) is 5.32. The zero-order chi connectivity index (χ0) is 19.1. The van der Waals surface area contributed by atoms with E-state index in [-0.39, 0.29) is 5.91 Å². The number of rotatable bonds is 9. The van der Waals surface area contributed by atoms with E-state index in [2.05, 4.69) is 22.0 Å². The largest absolute Gasteiger partial charge is 0.496 e. The molecule has 142 valence electrons. The molecule has 26 heavy (non-hydrogen) atoms. The molecule has 7 nitrogen and oxygen atoms in total. The van der Waals surface area contributed by atoms with Crippen LogP contribution in [-0.4, -0.2) is 40.1 Å². The number of hydrogen-bond acceptors (Lipinski definition) is 6. The zero-order valence-electron chi connectivity index (χ0n) is 16.3. The van der Waals surface area contributed by atoms with Crippen molar-refractivity contribution < 1.29 is 14.1 Å². The molecule has 2 aromatic heterocycles. The molecule has 0 aliphatic carbocycles. The monoisotopic (exact) mass is 360 g/mol. The van der Waals surface area contributed by atoms with Crippen LogP contribution in [0.3, 0.4) is 0 Å². The van der Waals surface area contributed by atoms with Gasteiger partial charge in [-0.1, -0.05) is 12.1 Å². The fourth-order valence-corrected chi connectivity index (χ4v) is 2.84. The summed E-state index contributed by atoms with van der Waals surface area (Å²) in [5.41, 5.74) is 2.82. The van der Waals surface area contributed by atoms with E-state index >= 15 is 0 Å². The molecule has 2 heterocycles. The molecule has 0 atom stereocenters. The van der Waals surface area contributed by atoms with Crippen LogP contribution < -0.4 is 4.74 Å². The molecular formula is C19H28N4O3. The van der Waals surface area contributed by atoms with Crippen molar-refractivity contribution in [3.05, 3.63) is 34.7 Å². The molecule has 0 aromatic carbocycles. The van der Waals surface area contributed by atoms with Crippen molar-refractivity contribution in [2.75, 3.05) is 14.2 Å². The molecule has 0 N–H and O–H groups in total. The maximum atomic E-state index is 12.4. The van der Waals surface area contributed by atoms with Crippen molar-refractivity contribution in [1.82, 2.24) is 20.0 Å². The first-order valence-electron chi connectivity index (χ1n) is 9.00. The minimum Gasteiger partial charge on any atom is -0.496 e. The van der Waals surface area contributed by atoms with Gasteiger partial charge in [-0.25, -0.2) is 0 Å². The Morgan fingerprint density at radius 3 is 2.77 bits per heavy atom. The number of methoxy groups -OCH3 is 1. The Kier molecular flexibility index (Phi) is 7.12. The van der Waals surface area contributed by atoms with Crippen molar-refractivity contribution in [3.63, 3.8) is 0 Å². The first-order valence-corrected chi connectivity index (χ1v) is 9.00. The molecule has 0 unspecified atom stereocenters. The van der Waals surface area contributed by atoms with Gasteiger partial charge in [0.1, 0.15) is 5.75 Å². The van der Waals surface area contributed by atoms with Crippen LogP contribution in [0.4, 0.5) is 0 Å². The number of carbonyl (C=O) groups excluding carboxylic acids is 1. The summed E-state index contributed by atoms with van der Waals surface area (Å²) >= 11 is 0. The third-order valence-corrected chi connectivity index (χ3v) is 4.33. The van der Waals surface area contributed by atoms with E-state index in [1.54, 1.807) is 25.3 Å². The maximum Gasteiger partial charge on any atom is 0.226 e. The van der Waals surface area contributed by atoms with Gasteiger partial charge < -0.3 is 14.2 Å². The van der Waals surface area contributed by atoms with Gasteiger partial charge in [-0.15, -0.1) is 0 Å². The van der Waals surface area contributed by atoms with Crippen LogP contribution in [0.25, 0.3) is 0 Å². The SMILES string of the molecule is CCCc1noc(CCCC(=O)N(C)Cc2ncc(C)c(OC)c2C)n1. The Hall–Kier alpha value is -2.44. The molecule has 0 aliphatic heterocycles. The lowest BCUT2D eigenvalue weighted by molar-refractivity contribution is -0.130. The Morgan fingerprint density at radius 1 is 1.31 bits per heavy atom. The van der Waals surface area contributed by atoms with Crippen LogP contribution in [0, 0.1) is 13.8 Å². The Bertz CT molecular complexity index is 742. The second kappa shape index (κ2) is 9.31. The Labute approximate surface area is 154 Å². The lowest BCUT2D eigenvalue weighted by Crippen LogP contribution is -2.27. The van der Waals surface area contributed by atoms with Gasteiger partial charge in [0.25, 0.3) is 0 Å². The number of carbonyl (C=O) groups is 1. The van der Waals surface area contributed by atoms with Gasteiger partial charge in [0.15, 0.2) is 5.82 Å². The number of amides is 1. The van der Waals surface area contributed by atoms with E-state index in [1.807, 2.05) is 13.8 Å². The summed E-state index contributed by atoms with van der Waals surface area (Å²) in [5.74, 6) is 2.24. The van der Waals surface area contributed by atoms with E-state index in [9.17, 15) is 4.79 Å². The van der Waals surface area contributed by atoms with Crippen LogP contribution in [0.15, 0.2) is 10.7 Å². The number of hydrogen-bond donors (Lipinski definition) is 0. The lowest BCUT2D eigenvalue weighted by atomic mass is 10.1. The van der Waals surface area contributed by atoms with Gasteiger partial charge in [-0.3, -0.25) is 9.78 Å². The van der Waals surface area contributed by atoms with Crippen LogP contribution in [-0.2, 0) is 24.2 Å². The highest BCUT2D eigenvalue weighted by Crippen LogP contribution is 2.24. The minimum atomic E-state index is 0.0686. The molecule has 2 aromatic rings. The van der Waals surface area contributed by atoms with E-state index in [0.717, 1.165) is 41.2 Å².